The van der Waals surface area contributed by atoms with Crippen molar-refractivity contribution in [1.82, 2.24) is 9.97 Å². The minimum atomic E-state index is -3.67. The number of hydrogen-bond donors (Lipinski definition) is 2. The van der Waals surface area contributed by atoms with Crippen LogP contribution in [0.15, 0.2) is 41.3 Å². The number of imidazole rings is 1. The smallest absolute Gasteiger partial charge is 0.261 e. The lowest BCUT2D eigenvalue weighted by atomic mass is 9.96. The van der Waals surface area contributed by atoms with Crippen LogP contribution in [0.4, 0.5) is 5.69 Å². The van der Waals surface area contributed by atoms with E-state index in [0.29, 0.717) is 12.3 Å². The highest BCUT2D eigenvalue weighted by molar-refractivity contribution is 7.92. The molecule has 1 aliphatic heterocycles. The maximum absolute atomic E-state index is 12.7. The molecule has 26 heavy (non-hydrogen) atoms. The number of nitrogens with zero attached hydrogens (tertiary/aromatic N) is 1. The summed E-state index contributed by atoms with van der Waals surface area (Å²) < 4.78 is 33.5. The van der Waals surface area contributed by atoms with Crippen molar-refractivity contribution >= 4 is 26.7 Å². The van der Waals surface area contributed by atoms with E-state index >= 15 is 0 Å². The zero-order chi connectivity index (χ0) is 18.5. The van der Waals surface area contributed by atoms with Crippen LogP contribution in [0.2, 0.25) is 0 Å². The van der Waals surface area contributed by atoms with Gasteiger partial charge in [-0.3, -0.25) is 4.72 Å². The van der Waals surface area contributed by atoms with Crippen LogP contribution in [0.25, 0.3) is 11.0 Å². The van der Waals surface area contributed by atoms with Gasteiger partial charge in [0.25, 0.3) is 10.0 Å². The van der Waals surface area contributed by atoms with Gasteiger partial charge in [0.15, 0.2) is 0 Å². The maximum atomic E-state index is 12.7. The average molecular weight is 371 g/mol. The predicted molar refractivity (Wildman–Crippen MR) is 101 cm³/mol. The number of sulfonamides is 1. The molecule has 6 nitrogen and oxygen atoms in total. The second kappa shape index (κ2) is 5.74. The van der Waals surface area contributed by atoms with Crippen molar-refractivity contribution in [2.75, 3.05) is 11.3 Å². The number of anilines is 1. The molecule has 7 heteroatoms. The Morgan fingerprint density at radius 3 is 2.73 bits per heavy atom. The highest BCUT2D eigenvalue weighted by atomic mass is 32.2. The molecule has 0 fully saturated rings. The second-order valence-corrected chi connectivity index (χ2v) is 9.22. The van der Waals surface area contributed by atoms with E-state index < -0.39 is 10.0 Å². The summed E-state index contributed by atoms with van der Waals surface area (Å²) in [6, 6.07) is 10.3. The third kappa shape index (κ3) is 3.03. The summed E-state index contributed by atoms with van der Waals surface area (Å²) in [7, 11) is -3.67. The largest absolute Gasteiger partial charge is 0.493 e. The van der Waals surface area contributed by atoms with Crippen LogP contribution >= 0.6 is 0 Å². The molecule has 3 aromatic rings. The molecular weight excluding hydrogens is 350 g/mol. The molecule has 0 bridgehead atoms. The number of ether oxygens (including phenoxy) is 1. The molecule has 136 valence electrons. The van der Waals surface area contributed by atoms with Gasteiger partial charge >= 0.3 is 0 Å². The Kier molecular flexibility index (Phi) is 3.73. The van der Waals surface area contributed by atoms with Gasteiger partial charge in [-0.05, 0) is 42.0 Å². The Morgan fingerprint density at radius 1 is 1.15 bits per heavy atom. The molecule has 1 aliphatic rings. The van der Waals surface area contributed by atoms with Crippen molar-refractivity contribution in [3.63, 3.8) is 0 Å². The molecule has 0 spiro atoms. The van der Waals surface area contributed by atoms with Gasteiger partial charge < -0.3 is 9.72 Å². The molecule has 4 rings (SSSR count). The summed E-state index contributed by atoms with van der Waals surface area (Å²) in [5, 5.41) is 0. The third-order valence-electron chi connectivity index (χ3n) is 4.42. The summed E-state index contributed by atoms with van der Waals surface area (Å²) in [5.41, 5.74) is 2.93. The molecule has 0 saturated carbocycles. The lowest BCUT2D eigenvalue weighted by Gasteiger charge is -2.13. The second-order valence-electron chi connectivity index (χ2n) is 7.54. The number of H-pyrrole nitrogens is 1. The van der Waals surface area contributed by atoms with E-state index in [4.69, 9.17) is 4.74 Å². The van der Waals surface area contributed by atoms with E-state index in [0.717, 1.165) is 34.6 Å². The molecule has 2 N–H and O–H groups in total. The first-order chi connectivity index (χ1) is 12.2. The first kappa shape index (κ1) is 16.9. The van der Waals surface area contributed by atoms with Crippen molar-refractivity contribution < 1.29 is 13.2 Å². The monoisotopic (exact) mass is 371 g/mol. The zero-order valence-electron chi connectivity index (χ0n) is 15.0. The fourth-order valence-corrected chi connectivity index (χ4v) is 4.07. The lowest BCUT2D eigenvalue weighted by Crippen LogP contribution is -2.13. The number of aromatic nitrogens is 2. The number of fused-ring (bicyclic) bond motifs is 2. The topological polar surface area (TPSA) is 84.1 Å². The van der Waals surface area contributed by atoms with E-state index in [1.165, 1.54) is 0 Å². The van der Waals surface area contributed by atoms with Crippen molar-refractivity contribution in [2.45, 2.75) is 37.5 Å². The number of nitrogens with one attached hydrogen (secondary N) is 2. The van der Waals surface area contributed by atoms with Gasteiger partial charge in [0.2, 0.25) is 0 Å². The van der Waals surface area contributed by atoms with Crippen LogP contribution in [-0.4, -0.2) is 25.0 Å². The highest BCUT2D eigenvalue weighted by Gasteiger charge is 2.21. The minimum Gasteiger partial charge on any atom is -0.493 e. The standard InChI is InChI=1S/C19H21N3O3S/c1-19(2,3)18-20-15-6-4-13(11-16(15)21-18)22-26(23,24)14-5-7-17-12(10-14)8-9-25-17/h4-7,10-11,22H,8-9H2,1-3H3,(H,20,21). The molecule has 0 amide bonds. The van der Waals surface area contributed by atoms with E-state index in [1.54, 1.807) is 30.3 Å². The Labute approximate surface area is 152 Å². The number of hydrogen-bond acceptors (Lipinski definition) is 4. The number of aromatic amines is 1. The van der Waals surface area contributed by atoms with Gasteiger partial charge in [-0.1, -0.05) is 20.8 Å². The van der Waals surface area contributed by atoms with Crippen LogP contribution in [0.5, 0.6) is 5.75 Å². The molecule has 2 aromatic carbocycles. The average Bonchev–Trinajstić information content (AvgIpc) is 3.19. The molecule has 0 radical (unpaired) electrons. The van der Waals surface area contributed by atoms with Crippen molar-refractivity contribution in [3.8, 4) is 5.75 Å². The van der Waals surface area contributed by atoms with Crippen LogP contribution in [0.3, 0.4) is 0 Å². The molecule has 0 saturated heterocycles. The van der Waals surface area contributed by atoms with Crippen molar-refractivity contribution in [2.24, 2.45) is 0 Å². The van der Waals surface area contributed by atoms with Gasteiger partial charge in [0, 0.05) is 11.8 Å². The first-order valence-corrected chi connectivity index (χ1v) is 9.99. The molecular formula is C19H21N3O3S. The van der Waals surface area contributed by atoms with Gasteiger partial charge in [0.05, 0.1) is 28.2 Å². The summed E-state index contributed by atoms with van der Waals surface area (Å²) in [6.07, 6.45) is 0.731. The fraction of sp³-hybridized carbons (Fsp3) is 0.316. The molecule has 2 heterocycles. The summed E-state index contributed by atoms with van der Waals surface area (Å²) in [4.78, 5) is 8.08. The van der Waals surface area contributed by atoms with Crippen LogP contribution in [0.1, 0.15) is 32.2 Å². The first-order valence-electron chi connectivity index (χ1n) is 8.51. The lowest BCUT2D eigenvalue weighted by molar-refractivity contribution is 0.356. The Hall–Kier alpha value is -2.54. The SMILES string of the molecule is CC(C)(C)c1nc2ccc(NS(=O)(=O)c3ccc4c(c3)CCO4)cc2[nH]1. The summed E-state index contributed by atoms with van der Waals surface area (Å²) in [5.74, 6) is 1.63. The van der Waals surface area contributed by atoms with Crippen molar-refractivity contribution in [3.05, 3.63) is 47.8 Å². The number of rotatable bonds is 3. The molecule has 0 atom stereocenters. The Morgan fingerprint density at radius 2 is 1.96 bits per heavy atom. The zero-order valence-corrected chi connectivity index (χ0v) is 15.8. The predicted octanol–water partition coefficient (Wildman–Crippen LogP) is 3.60. The van der Waals surface area contributed by atoms with Gasteiger partial charge in [0.1, 0.15) is 11.6 Å². The summed E-state index contributed by atoms with van der Waals surface area (Å²) in [6.45, 7) is 6.82. The Balaban J connectivity index is 1.65. The number of benzene rings is 2. The van der Waals surface area contributed by atoms with E-state index in [2.05, 4.69) is 35.5 Å². The van der Waals surface area contributed by atoms with E-state index in [9.17, 15) is 8.42 Å². The normalized spacial score (nSPS) is 14.3. The van der Waals surface area contributed by atoms with Crippen LogP contribution < -0.4 is 9.46 Å². The van der Waals surface area contributed by atoms with Crippen LogP contribution in [0, 0.1) is 0 Å². The molecule has 0 aliphatic carbocycles. The van der Waals surface area contributed by atoms with Gasteiger partial charge in [-0.15, -0.1) is 0 Å². The Bertz CT molecular complexity index is 1090. The van der Waals surface area contributed by atoms with Gasteiger partial charge in [-0.2, -0.15) is 0 Å². The maximum Gasteiger partial charge on any atom is 0.261 e. The summed E-state index contributed by atoms with van der Waals surface area (Å²) >= 11 is 0. The molecule has 1 aromatic heterocycles. The van der Waals surface area contributed by atoms with Crippen molar-refractivity contribution in [1.29, 1.82) is 0 Å². The van der Waals surface area contributed by atoms with E-state index in [1.807, 2.05) is 6.07 Å². The highest BCUT2D eigenvalue weighted by Crippen LogP contribution is 2.29. The third-order valence-corrected chi connectivity index (χ3v) is 5.79. The minimum absolute atomic E-state index is 0.106. The van der Waals surface area contributed by atoms with Gasteiger partial charge in [-0.25, -0.2) is 13.4 Å². The quantitative estimate of drug-likeness (QED) is 0.737. The van der Waals surface area contributed by atoms with E-state index in [-0.39, 0.29) is 10.3 Å². The fourth-order valence-electron chi connectivity index (χ4n) is 2.97. The van der Waals surface area contributed by atoms with Crippen LogP contribution in [-0.2, 0) is 21.9 Å². The molecule has 0 unspecified atom stereocenters.